The number of ether oxygens (including phenoxy) is 2. The molecule has 0 atom stereocenters. The highest BCUT2D eigenvalue weighted by atomic mass is 32.1. The van der Waals surface area contributed by atoms with Crippen molar-refractivity contribution >= 4 is 28.6 Å². The molecule has 0 heterocycles. The van der Waals surface area contributed by atoms with Crippen LogP contribution in [0.1, 0.15) is 11.1 Å². The van der Waals surface area contributed by atoms with Gasteiger partial charge in [-0.3, -0.25) is 0 Å². The Balaban J connectivity index is 2.64. The first kappa shape index (κ1) is 14.3. The molecule has 2 nitrogen and oxygen atoms in total. The highest BCUT2D eigenvalue weighted by Gasteiger charge is 2.17. The fraction of sp³-hybridized carbons (Fsp3) is 0.118. The van der Waals surface area contributed by atoms with Gasteiger partial charge in [-0.15, -0.1) is 0 Å². The number of hydrogen-bond acceptors (Lipinski definition) is 3. The van der Waals surface area contributed by atoms with E-state index in [1.54, 1.807) is 14.2 Å². The number of hydrogen-bond donors (Lipinski definition) is 0. The lowest BCUT2D eigenvalue weighted by atomic mass is 10.0. The summed E-state index contributed by atoms with van der Waals surface area (Å²) in [5.74, 6) is 0.712. The van der Waals surface area contributed by atoms with Crippen LogP contribution in [0.2, 0.25) is 0 Å². The normalized spacial score (nSPS) is 11.5. The molecule has 2 aromatic carbocycles. The first-order valence-electron chi connectivity index (χ1n) is 6.25. The van der Waals surface area contributed by atoms with Gasteiger partial charge in [-0.2, -0.15) is 0 Å². The van der Waals surface area contributed by atoms with Gasteiger partial charge >= 0.3 is 0 Å². The Bertz CT molecular complexity index is 603. The molecule has 0 unspecified atom stereocenters. The van der Waals surface area contributed by atoms with E-state index in [-0.39, 0.29) is 0 Å². The molecule has 0 saturated carbocycles. The van der Waals surface area contributed by atoms with Gasteiger partial charge in [0.25, 0.3) is 0 Å². The summed E-state index contributed by atoms with van der Waals surface area (Å²) in [5, 5.41) is 0.414. The van der Waals surface area contributed by atoms with Gasteiger partial charge in [-0.1, -0.05) is 60.7 Å². The predicted molar refractivity (Wildman–Crippen MR) is 86.3 cm³/mol. The lowest BCUT2D eigenvalue weighted by Gasteiger charge is -2.15. The molecule has 0 amide bonds. The van der Waals surface area contributed by atoms with Crippen LogP contribution in [0.5, 0.6) is 0 Å². The summed E-state index contributed by atoms with van der Waals surface area (Å²) in [6.07, 6.45) is 0. The van der Waals surface area contributed by atoms with E-state index in [2.05, 4.69) is 0 Å². The second-order valence-electron chi connectivity index (χ2n) is 4.13. The SMILES string of the molecule is COC(=S)C(=C(OC)c1ccccc1)c1ccccc1. The molecular formula is C17H16O2S. The zero-order chi connectivity index (χ0) is 14.4. The molecule has 0 fully saturated rings. The van der Waals surface area contributed by atoms with Gasteiger partial charge in [0.2, 0.25) is 0 Å². The van der Waals surface area contributed by atoms with Crippen LogP contribution in [0.3, 0.4) is 0 Å². The Morgan fingerprint density at radius 1 is 0.750 bits per heavy atom. The second-order valence-corrected chi connectivity index (χ2v) is 4.50. The van der Waals surface area contributed by atoms with Crippen molar-refractivity contribution in [3.8, 4) is 0 Å². The van der Waals surface area contributed by atoms with Crippen molar-refractivity contribution in [1.29, 1.82) is 0 Å². The quantitative estimate of drug-likeness (QED) is 0.363. The summed E-state index contributed by atoms with van der Waals surface area (Å²) in [6.45, 7) is 0. The molecule has 0 aliphatic carbocycles. The topological polar surface area (TPSA) is 18.5 Å². The molecule has 102 valence electrons. The largest absolute Gasteiger partial charge is 0.495 e. The number of rotatable bonds is 4. The van der Waals surface area contributed by atoms with Crippen LogP contribution in [-0.2, 0) is 9.47 Å². The molecule has 0 radical (unpaired) electrons. The highest BCUT2D eigenvalue weighted by molar-refractivity contribution is 7.81. The molecule has 0 aliphatic heterocycles. The maximum atomic E-state index is 5.59. The minimum Gasteiger partial charge on any atom is -0.495 e. The van der Waals surface area contributed by atoms with Crippen LogP contribution in [0.15, 0.2) is 60.7 Å². The Labute approximate surface area is 124 Å². The molecule has 0 spiro atoms. The monoisotopic (exact) mass is 284 g/mol. The van der Waals surface area contributed by atoms with Crippen LogP contribution >= 0.6 is 12.2 Å². The summed E-state index contributed by atoms with van der Waals surface area (Å²) >= 11 is 5.34. The van der Waals surface area contributed by atoms with Crippen molar-refractivity contribution in [1.82, 2.24) is 0 Å². The Morgan fingerprint density at radius 2 is 1.25 bits per heavy atom. The van der Waals surface area contributed by atoms with Crippen molar-refractivity contribution in [2.75, 3.05) is 14.2 Å². The molecule has 20 heavy (non-hydrogen) atoms. The molecule has 2 rings (SSSR count). The predicted octanol–water partition coefficient (Wildman–Crippen LogP) is 4.18. The first-order chi connectivity index (χ1) is 9.77. The minimum atomic E-state index is 0.414. The third-order valence-corrected chi connectivity index (χ3v) is 3.29. The lowest BCUT2D eigenvalue weighted by Crippen LogP contribution is -2.06. The van der Waals surface area contributed by atoms with Gasteiger partial charge in [0.1, 0.15) is 5.76 Å². The standard InChI is InChI=1S/C17H16O2S/c1-18-16(14-11-7-4-8-12-14)15(17(20)19-2)13-9-5-3-6-10-13/h3-12H,1-2H3. The van der Waals surface area contributed by atoms with E-state index in [0.717, 1.165) is 16.7 Å². The smallest absolute Gasteiger partial charge is 0.195 e. The number of thiocarbonyl (C=S) groups is 1. The zero-order valence-corrected chi connectivity index (χ0v) is 12.3. The van der Waals surface area contributed by atoms with Crippen LogP contribution in [0.4, 0.5) is 0 Å². The minimum absolute atomic E-state index is 0.414. The van der Waals surface area contributed by atoms with E-state index < -0.39 is 0 Å². The molecular weight excluding hydrogens is 268 g/mol. The van der Waals surface area contributed by atoms with Gasteiger partial charge < -0.3 is 9.47 Å². The average molecular weight is 284 g/mol. The first-order valence-corrected chi connectivity index (χ1v) is 6.66. The van der Waals surface area contributed by atoms with Gasteiger partial charge in [0.15, 0.2) is 5.05 Å². The van der Waals surface area contributed by atoms with Crippen molar-refractivity contribution in [2.24, 2.45) is 0 Å². The van der Waals surface area contributed by atoms with Crippen molar-refractivity contribution in [2.45, 2.75) is 0 Å². The third kappa shape index (κ3) is 3.06. The van der Waals surface area contributed by atoms with Crippen molar-refractivity contribution in [3.63, 3.8) is 0 Å². The summed E-state index contributed by atoms with van der Waals surface area (Å²) < 4.78 is 10.9. The fourth-order valence-corrected chi connectivity index (χ4v) is 2.21. The summed E-state index contributed by atoms with van der Waals surface area (Å²) in [6, 6.07) is 19.7. The lowest BCUT2D eigenvalue weighted by molar-refractivity contribution is 0.370. The molecule has 0 bridgehead atoms. The fourth-order valence-electron chi connectivity index (χ4n) is 2.00. The number of methoxy groups -OCH3 is 2. The van der Waals surface area contributed by atoms with E-state index in [4.69, 9.17) is 21.7 Å². The van der Waals surface area contributed by atoms with Gasteiger partial charge in [0.05, 0.1) is 19.8 Å². The molecule has 0 aliphatic rings. The van der Waals surface area contributed by atoms with Gasteiger partial charge in [-0.05, 0) is 17.8 Å². The molecule has 0 saturated heterocycles. The highest BCUT2D eigenvalue weighted by Crippen LogP contribution is 2.28. The van der Waals surface area contributed by atoms with Crippen LogP contribution < -0.4 is 0 Å². The van der Waals surface area contributed by atoms with E-state index in [1.165, 1.54) is 0 Å². The van der Waals surface area contributed by atoms with E-state index in [9.17, 15) is 0 Å². The van der Waals surface area contributed by atoms with E-state index >= 15 is 0 Å². The van der Waals surface area contributed by atoms with E-state index in [1.807, 2.05) is 60.7 Å². The van der Waals surface area contributed by atoms with Crippen molar-refractivity contribution < 1.29 is 9.47 Å². The average Bonchev–Trinajstić information content (AvgIpc) is 2.53. The Kier molecular flexibility index (Phi) is 4.91. The maximum absolute atomic E-state index is 5.59. The summed E-state index contributed by atoms with van der Waals surface area (Å²) in [5.41, 5.74) is 2.73. The number of benzene rings is 2. The van der Waals surface area contributed by atoms with Gasteiger partial charge in [0, 0.05) is 5.56 Å². The third-order valence-electron chi connectivity index (χ3n) is 2.92. The maximum Gasteiger partial charge on any atom is 0.195 e. The van der Waals surface area contributed by atoms with Crippen LogP contribution in [-0.4, -0.2) is 19.3 Å². The Hall–Kier alpha value is -2.13. The zero-order valence-electron chi connectivity index (χ0n) is 11.5. The van der Waals surface area contributed by atoms with Gasteiger partial charge in [-0.25, -0.2) is 0 Å². The Morgan fingerprint density at radius 3 is 1.70 bits per heavy atom. The molecule has 0 N–H and O–H groups in total. The molecule has 2 aromatic rings. The van der Waals surface area contributed by atoms with E-state index in [0.29, 0.717) is 10.8 Å². The van der Waals surface area contributed by atoms with Crippen LogP contribution in [0, 0.1) is 0 Å². The summed E-state index contributed by atoms with van der Waals surface area (Å²) in [7, 11) is 3.22. The molecule has 3 heteroatoms. The van der Waals surface area contributed by atoms with Crippen molar-refractivity contribution in [3.05, 3.63) is 71.8 Å². The second kappa shape index (κ2) is 6.87. The molecule has 0 aromatic heterocycles. The van der Waals surface area contributed by atoms with Crippen LogP contribution in [0.25, 0.3) is 11.3 Å². The summed E-state index contributed by atoms with van der Waals surface area (Å²) in [4.78, 5) is 0.